The summed E-state index contributed by atoms with van der Waals surface area (Å²) in [6.45, 7) is 2.96. The first-order valence-corrected chi connectivity index (χ1v) is 9.69. The van der Waals surface area contributed by atoms with Crippen LogP contribution in [0.2, 0.25) is 0 Å². The topological polar surface area (TPSA) is 9.23 Å². The summed E-state index contributed by atoms with van der Waals surface area (Å²) in [5.41, 5.74) is 0. The van der Waals surface area contributed by atoms with Gasteiger partial charge in [0.25, 0.3) is 0 Å². The number of halogens is 1. The van der Waals surface area contributed by atoms with Gasteiger partial charge in [0.05, 0.1) is 6.61 Å². The normalized spacial score (nSPS) is 10.3. The van der Waals surface area contributed by atoms with Crippen LogP contribution in [-0.4, -0.2) is 6.61 Å². The van der Waals surface area contributed by atoms with Crippen LogP contribution in [0.1, 0.15) is 19.8 Å². The van der Waals surface area contributed by atoms with Gasteiger partial charge in [-0.3, -0.25) is 0 Å². The maximum absolute atomic E-state index is 6.11. The summed E-state index contributed by atoms with van der Waals surface area (Å²) in [5, 5.41) is 0. The summed E-state index contributed by atoms with van der Waals surface area (Å²) in [5.74, 6) is 1.00. The summed E-state index contributed by atoms with van der Waals surface area (Å²) >= 11 is 0. The Morgan fingerprint density at radius 2 is 1.24 bits per heavy atom. The Labute approximate surface area is 164 Å². The zero-order chi connectivity index (χ0) is 16.6. The van der Waals surface area contributed by atoms with Crippen LogP contribution >= 0.6 is 0 Å². The van der Waals surface area contributed by atoms with E-state index in [9.17, 15) is 0 Å². The molecule has 3 heteroatoms. The molecule has 0 aromatic heterocycles. The van der Waals surface area contributed by atoms with Crippen molar-refractivity contribution in [3.63, 3.8) is 0 Å². The molecule has 0 spiro atoms. The second-order valence-corrected chi connectivity index (χ2v) is 7.58. The van der Waals surface area contributed by atoms with E-state index in [2.05, 4.69) is 91.9 Å². The molecule has 0 radical (unpaired) electrons. The van der Waals surface area contributed by atoms with Crippen molar-refractivity contribution >= 4 is 10.9 Å². The molecule has 0 bridgehead atoms. The fourth-order valence-corrected chi connectivity index (χ4v) is 4.75. The average Bonchev–Trinajstić information content (AvgIpc) is 2.65. The Morgan fingerprint density at radius 1 is 0.720 bits per heavy atom. The molecule has 0 saturated carbocycles. The third-order valence-corrected chi connectivity index (χ3v) is 6.05. The highest BCUT2D eigenvalue weighted by Crippen LogP contribution is 2.36. The zero-order valence-electron chi connectivity index (χ0n) is 14.4. The fourth-order valence-electron chi connectivity index (χ4n) is 2.57. The number of hydrogen-bond donors (Lipinski definition) is 0. The van der Waals surface area contributed by atoms with Crippen LogP contribution in [0.3, 0.4) is 0 Å². The average molecular weight is 415 g/mol. The molecule has 3 aromatic rings. The molecule has 0 atom stereocenters. The van der Waals surface area contributed by atoms with Crippen molar-refractivity contribution in [3.8, 4) is 5.75 Å². The molecular weight excluding hydrogens is 392 g/mol. The van der Waals surface area contributed by atoms with E-state index in [0.717, 1.165) is 25.2 Å². The molecule has 3 aromatic carbocycles. The Kier molecular flexibility index (Phi) is 8.10. The smallest absolute Gasteiger partial charge is 0.208 e. The van der Waals surface area contributed by atoms with Gasteiger partial charge in [0.2, 0.25) is 4.90 Å². The van der Waals surface area contributed by atoms with E-state index >= 15 is 0 Å². The van der Waals surface area contributed by atoms with Gasteiger partial charge in [0.15, 0.2) is 15.5 Å². The molecular formula is C22H23BrOS. The van der Waals surface area contributed by atoms with E-state index in [-0.39, 0.29) is 27.9 Å². The first kappa shape index (κ1) is 19.6. The number of unbranched alkanes of at least 4 members (excludes halogenated alkanes) is 1. The van der Waals surface area contributed by atoms with E-state index in [1.165, 1.54) is 14.7 Å². The molecule has 0 N–H and O–H groups in total. The molecule has 0 aliphatic rings. The van der Waals surface area contributed by atoms with Crippen molar-refractivity contribution in [3.05, 3.63) is 84.9 Å². The lowest BCUT2D eigenvalue weighted by atomic mass is 10.3. The third-order valence-electron chi connectivity index (χ3n) is 3.78. The minimum atomic E-state index is -0.157. The van der Waals surface area contributed by atoms with E-state index in [1.54, 1.807) is 0 Å². The lowest BCUT2D eigenvalue weighted by Gasteiger charge is -2.12. The first-order chi connectivity index (χ1) is 11.9. The molecule has 1 nitrogen and oxygen atoms in total. The second kappa shape index (κ2) is 10.3. The monoisotopic (exact) mass is 414 g/mol. The van der Waals surface area contributed by atoms with Crippen molar-refractivity contribution in [2.45, 2.75) is 34.5 Å². The van der Waals surface area contributed by atoms with Crippen molar-refractivity contribution in [2.75, 3.05) is 6.61 Å². The van der Waals surface area contributed by atoms with Crippen LogP contribution in [-0.2, 0) is 10.9 Å². The maximum Gasteiger partial charge on any atom is 0.208 e. The van der Waals surface area contributed by atoms with Gasteiger partial charge in [-0.25, -0.2) is 0 Å². The van der Waals surface area contributed by atoms with Crippen LogP contribution in [0.15, 0.2) is 99.6 Å². The maximum atomic E-state index is 6.11. The van der Waals surface area contributed by atoms with Gasteiger partial charge in [0, 0.05) is 0 Å². The van der Waals surface area contributed by atoms with E-state index < -0.39 is 0 Å². The summed E-state index contributed by atoms with van der Waals surface area (Å²) in [4.78, 5) is 3.89. The summed E-state index contributed by atoms with van der Waals surface area (Å²) < 4.78 is 6.11. The zero-order valence-corrected chi connectivity index (χ0v) is 16.8. The van der Waals surface area contributed by atoms with Crippen molar-refractivity contribution in [1.29, 1.82) is 0 Å². The molecule has 0 saturated heterocycles. The Hall–Kier alpha value is -1.71. The predicted octanol–water partition coefficient (Wildman–Crippen LogP) is 2.96. The summed E-state index contributed by atoms with van der Waals surface area (Å²) in [7, 11) is -0.157. The van der Waals surface area contributed by atoms with Crippen LogP contribution in [0, 0.1) is 0 Å². The van der Waals surface area contributed by atoms with Crippen LogP contribution < -0.4 is 21.7 Å². The Bertz CT molecular complexity index is 707. The molecule has 130 valence electrons. The largest absolute Gasteiger partial charge is 1.00 e. The van der Waals surface area contributed by atoms with Gasteiger partial charge in [-0.2, -0.15) is 0 Å². The van der Waals surface area contributed by atoms with E-state index in [1.807, 2.05) is 0 Å². The Morgan fingerprint density at radius 3 is 1.80 bits per heavy atom. The number of rotatable bonds is 7. The van der Waals surface area contributed by atoms with Crippen molar-refractivity contribution < 1.29 is 21.7 Å². The molecule has 0 fully saturated rings. The number of para-hydroxylation sites is 1. The van der Waals surface area contributed by atoms with E-state index in [0.29, 0.717) is 0 Å². The quantitative estimate of drug-likeness (QED) is 0.426. The molecule has 3 rings (SSSR count). The molecule has 0 unspecified atom stereocenters. The minimum absolute atomic E-state index is 0. The lowest BCUT2D eigenvalue weighted by molar-refractivity contribution is -0.00000539. The highest BCUT2D eigenvalue weighted by molar-refractivity contribution is 7.97. The number of ether oxygens (including phenoxy) is 1. The van der Waals surface area contributed by atoms with Gasteiger partial charge in [-0.05, 0) is 42.8 Å². The van der Waals surface area contributed by atoms with Crippen molar-refractivity contribution in [1.82, 2.24) is 0 Å². The highest BCUT2D eigenvalue weighted by Gasteiger charge is 2.31. The van der Waals surface area contributed by atoms with Gasteiger partial charge < -0.3 is 21.7 Å². The van der Waals surface area contributed by atoms with E-state index in [4.69, 9.17) is 4.74 Å². The molecule has 25 heavy (non-hydrogen) atoms. The summed E-state index contributed by atoms with van der Waals surface area (Å²) in [6, 6.07) is 29.9. The number of hydrogen-bond acceptors (Lipinski definition) is 1. The van der Waals surface area contributed by atoms with Gasteiger partial charge in [-0.1, -0.05) is 61.9 Å². The second-order valence-electron chi connectivity index (χ2n) is 5.58. The fraction of sp³-hybridized carbons (Fsp3) is 0.182. The van der Waals surface area contributed by atoms with Gasteiger partial charge >= 0.3 is 0 Å². The van der Waals surface area contributed by atoms with Crippen LogP contribution in [0.5, 0.6) is 5.75 Å². The number of benzene rings is 3. The lowest BCUT2D eigenvalue weighted by Crippen LogP contribution is -3.00. The SMILES string of the molecule is CCCCOc1ccccc1[S+](c1ccccc1)c1ccccc1.[Br-]. The summed E-state index contributed by atoms with van der Waals surface area (Å²) in [6.07, 6.45) is 2.23. The molecule has 0 amide bonds. The molecule has 0 heterocycles. The minimum Gasteiger partial charge on any atom is -1.00 e. The van der Waals surface area contributed by atoms with Gasteiger partial charge in [-0.15, -0.1) is 0 Å². The highest BCUT2D eigenvalue weighted by atomic mass is 79.9. The Balaban J connectivity index is 0.00000225. The first-order valence-electron chi connectivity index (χ1n) is 8.46. The van der Waals surface area contributed by atoms with Crippen LogP contribution in [0.25, 0.3) is 0 Å². The van der Waals surface area contributed by atoms with Crippen LogP contribution in [0.4, 0.5) is 0 Å². The van der Waals surface area contributed by atoms with Gasteiger partial charge in [0.1, 0.15) is 10.9 Å². The predicted molar refractivity (Wildman–Crippen MR) is 102 cm³/mol. The molecule has 0 aliphatic carbocycles. The van der Waals surface area contributed by atoms with Crippen molar-refractivity contribution in [2.24, 2.45) is 0 Å². The standard InChI is InChI=1S/C22H23OS.BrH/c1-2-3-18-23-21-16-10-11-17-22(21)24(19-12-6-4-7-13-19)20-14-8-5-9-15-20;/h4-17H,2-3,18H2,1H3;1H/q+1;/p-1. The third kappa shape index (κ3) is 5.13. The molecule has 0 aliphatic heterocycles.